The lowest BCUT2D eigenvalue weighted by atomic mass is 10.0. The highest BCUT2D eigenvalue weighted by molar-refractivity contribution is 5.91. The highest BCUT2D eigenvalue weighted by Crippen LogP contribution is 2.36. The number of benzene rings is 2. The fourth-order valence-corrected chi connectivity index (χ4v) is 3.23. The average Bonchev–Trinajstić information content (AvgIpc) is 3.41. The Balaban J connectivity index is 1.55. The Morgan fingerprint density at radius 1 is 1.07 bits per heavy atom. The first-order valence-corrected chi connectivity index (χ1v) is 9.42. The van der Waals surface area contributed by atoms with E-state index in [4.69, 9.17) is 9.47 Å². The molecular formula is C23H21FO3. The van der Waals surface area contributed by atoms with Crippen molar-refractivity contribution in [1.29, 1.82) is 0 Å². The third-order valence-electron chi connectivity index (χ3n) is 4.92. The minimum atomic E-state index is -0.647. The predicted molar refractivity (Wildman–Crippen MR) is 100 cm³/mol. The smallest absolute Gasteiger partial charge is 0.343 e. The molecule has 0 aliphatic heterocycles. The summed E-state index contributed by atoms with van der Waals surface area (Å²) in [4.78, 5) is 12.4. The van der Waals surface area contributed by atoms with Crippen molar-refractivity contribution in [3.63, 3.8) is 0 Å². The second kappa shape index (κ2) is 7.44. The van der Waals surface area contributed by atoms with Crippen LogP contribution in [0.1, 0.15) is 48.9 Å². The molecule has 2 aliphatic rings. The minimum absolute atomic E-state index is 0.0597. The van der Waals surface area contributed by atoms with Crippen LogP contribution in [0.15, 0.2) is 48.5 Å². The van der Waals surface area contributed by atoms with Gasteiger partial charge in [0.25, 0.3) is 0 Å². The molecule has 0 saturated heterocycles. The summed E-state index contributed by atoms with van der Waals surface area (Å²) in [5.74, 6) is 6.45. The highest BCUT2D eigenvalue weighted by atomic mass is 19.1. The number of esters is 1. The Kier molecular flexibility index (Phi) is 4.85. The van der Waals surface area contributed by atoms with Gasteiger partial charge in [0.05, 0.1) is 5.56 Å². The monoisotopic (exact) mass is 364 g/mol. The van der Waals surface area contributed by atoms with Gasteiger partial charge in [-0.3, -0.25) is 0 Å². The van der Waals surface area contributed by atoms with E-state index in [-0.39, 0.29) is 11.3 Å². The normalized spacial score (nSPS) is 17.7. The predicted octanol–water partition coefficient (Wildman–Crippen LogP) is 5.15. The lowest BCUT2D eigenvalue weighted by Gasteiger charge is -2.25. The first-order valence-electron chi connectivity index (χ1n) is 9.42. The molecule has 0 N–H and O–H groups in total. The van der Waals surface area contributed by atoms with Crippen LogP contribution in [0.4, 0.5) is 4.39 Å². The van der Waals surface area contributed by atoms with Gasteiger partial charge in [-0.05, 0) is 68.9 Å². The standard InChI is InChI=1S/C23H21FO3/c24-20-11-10-18(22(25)26-19-6-2-1-3-7-19)16-21(20)27-23(13-4-5-14-23)15-12-17-8-9-17/h1-3,6-7,10-11,16-17H,4-5,8-9,13-14H2. The van der Waals surface area contributed by atoms with Gasteiger partial charge >= 0.3 is 5.97 Å². The summed E-state index contributed by atoms with van der Waals surface area (Å²) >= 11 is 0. The van der Waals surface area contributed by atoms with Gasteiger partial charge in [-0.25, -0.2) is 9.18 Å². The van der Waals surface area contributed by atoms with E-state index in [9.17, 15) is 9.18 Å². The fourth-order valence-electron chi connectivity index (χ4n) is 3.23. The number of ether oxygens (including phenoxy) is 2. The molecule has 0 aromatic heterocycles. The lowest BCUT2D eigenvalue weighted by Crippen LogP contribution is -2.31. The zero-order valence-electron chi connectivity index (χ0n) is 15.0. The van der Waals surface area contributed by atoms with Gasteiger partial charge in [0, 0.05) is 5.92 Å². The summed E-state index contributed by atoms with van der Waals surface area (Å²) in [5.41, 5.74) is -0.399. The first kappa shape index (κ1) is 17.6. The van der Waals surface area contributed by atoms with Crippen molar-refractivity contribution in [2.24, 2.45) is 5.92 Å². The van der Waals surface area contributed by atoms with Crippen LogP contribution < -0.4 is 9.47 Å². The molecule has 4 rings (SSSR count). The van der Waals surface area contributed by atoms with Crippen LogP contribution in [0.5, 0.6) is 11.5 Å². The molecule has 138 valence electrons. The number of carbonyl (C=O) groups is 1. The fraction of sp³-hybridized carbons (Fsp3) is 0.348. The van der Waals surface area contributed by atoms with Gasteiger partial charge in [-0.15, -0.1) is 0 Å². The van der Waals surface area contributed by atoms with E-state index in [1.54, 1.807) is 24.3 Å². The van der Waals surface area contributed by atoms with E-state index in [0.29, 0.717) is 11.7 Å². The van der Waals surface area contributed by atoms with E-state index < -0.39 is 17.4 Å². The second-order valence-electron chi connectivity index (χ2n) is 7.19. The molecule has 2 saturated carbocycles. The number of para-hydroxylation sites is 1. The van der Waals surface area contributed by atoms with Crippen molar-refractivity contribution in [2.45, 2.75) is 44.1 Å². The first-order chi connectivity index (χ1) is 13.1. The molecule has 2 aromatic carbocycles. The van der Waals surface area contributed by atoms with Crippen LogP contribution in [0.25, 0.3) is 0 Å². The van der Waals surface area contributed by atoms with Crippen molar-refractivity contribution < 1.29 is 18.7 Å². The Morgan fingerprint density at radius 2 is 1.81 bits per heavy atom. The molecule has 27 heavy (non-hydrogen) atoms. The summed E-state index contributed by atoms with van der Waals surface area (Å²) in [6.07, 6.45) is 5.86. The molecule has 4 heteroatoms. The topological polar surface area (TPSA) is 35.5 Å². The van der Waals surface area contributed by atoms with Crippen molar-refractivity contribution in [3.8, 4) is 23.3 Å². The maximum atomic E-state index is 14.4. The van der Waals surface area contributed by atoms with Crippen LogP contribution in [0.3, 0.4) is 0 Å². The minimum Gasteiger partial charge on any atom is -0.471 e. The number of rotatable bonds is 4. The maximum Gasteiger partial charge on any atom is 0.343 e. The third kappa shape index (κ3) is 4.31. The van der Waals surface area contributed by atoms with Gasteiger partial charge in [-0.2, -0.15) is 0 Å². The van der Waals surface area contributed by atoms with E-state index in [0.717, 1.165) is 38.5 Å². The second-order valence-corrected chi connectivity index (χ2v) is 7.19. The molecule has 2 fully saturated rings. The Morgan fingerprint density at radius 3 is 2.52 bits per heavy atom. The van der Waals surface area contributed by atoms with Crippen LogP contribution >= 0.6 is 0 Å². The van der Waals surface area contributed by atoms with Crippen LogP contribution in [-0.2, 0) is 0 Å². The Labute approximate surface area is 158 Å². The number of halogens is 1. The van der Waals surface area contributed by atoms with Gasteiger partial charge in [-0.1, -0.05) is 30.0 Å². The number of carbonyl (C=O) groups excluding carboxylic acids is 1. The van der Waals surface area contributed by atoms with Crippen LogP contribution in [0, 0.1) is 23.6 Å². The van der Waals surface area contributed by atoms with Crippen molar-refractivity contribution in [3.05, 3.63) is 59.9 Å². The van der Waals surface area contributed by atoms with Gasteiger partial charge < -0.3 is 9.47 Å². The molecule has 0 radical (unpaired) electrons. The summed E-state index contributed by atoms with van der Waals surface area (Å²) in [6, 6.07) is 12.9. The maximum absolute atomic E-state index is 14.4. The van der Waals surface area contributed by atoms with E-state index in [1.165, 1.54) is 18.2 Å². The van der Waals surface area contributed by atoms with E-state index in [1.807, 2.05) is 6.07 Å². The van der Waals surface area contributed by atoms with Crippen molar-refractivity contribution in [1.82, 2.24) is 0 Å². The quantitative estimate of drug-likeness (QED) is 0.428. The summed E-state index contributed by atoms with van der Waals surface area (Å²) in [6.45, 7) is 0. The Bertz CT molecular complexity index is 885. The molecule has 0 unspecified atom stereocenters. The molecule has 0 heterocycles. The van der Waals surface area contributed by atoms with Crippen LogP contribution in [-0.4, -0.2) is 11.6 Å². The molecule has 0 bridgehead atoms. The van der Waals surface area contributed by atoms with Crippen LogP contribution in [0.2, 0.25) is 0 Å². The van der Waals surface area contributed by atoms with Gasteiger partial charge in [0.2, 0.25) is 0 Å². The molecule has 2 aromatic rings. The lowest BCUT2D eigenvalue weighted by molar-refractivity contribution is 0.0732. The molecule has 2 aliphatic carbocycles. The largest absolute Gasteiger partial charge is 0.471 e. The molecule has 0 atom stereocenters. The van der Waals surface area contributed by atoms with Crippen molar-refractivity contribution >= 4 is 5.97 Å². The van der Waals surface area contributed by atoms with E-state index >= 15 is 0 Å². The molecule has 3 nitrogen and oxygen atoms in total. The molecule has 0 spiro atoms. The van der Waals surface area contributed by atoms with Gasteiger partial charge in [0.1, 0.15) is 5.75 Å². The third-order valence-corrected chi connectivity index (χ3v) is 4.92. The summed E-state index contributed by atoms with van der Waals surface area (Å²) in [7, 11) is 0. The summed E-state index contributed by atoms with van der Waals surface area (Å²) < 4.78 is 25.8. The highest BCUT2D eigenvalue weighted by Gasteiger charge is 2.36. The summed E-state index contributed by atoms with van der Waals surface area (Å²) in [5, 5.41) is 0. The van der Waals surface area contributed by atoms with Crippen molar-refractivity contribution in [2.75, 3.05) is 0 Å². The van der Waals surface area contributed by atoms with Gasteiger partial charge in [0.15, 0.2) is 17.2 Å². The number of hydrogen-bond donors (Lipinski definition) is 0. The molecular weight excluding hydrogens is 343 g/mol. The Hall–Kier alpha value is -2.80. The van der Waals surface area contributed by atoms with E-state index in [2.05, 4.69) is 11.8 Å². The zero-order valence-corrected chi connectivity index (χ0v) is 15.0. The average molecular weight is 364 g/mol. The number of hydrogen-bond acceptors (Lipinski definition) is 3. The zero-order chi connectivity index (χ0) is 18.7. The SMILES string of the molecule is O=C(Oc1ccccc1)c1ccc(F)c(OC2(C#CC3CC3)CCCC2)c1. The molecule has 0 amide bonds.